The normalized spacial score (nSPS) is 18.0. The predicted molar refractivity (Wildman–Crippen MR) is 117 cm³/mol. The number of hydrogen-bond donors (Lipinski definition) is 0. The molecule has 3 aromatic carbocycles. The molecule has 4 rings (SSSR count). The van der Waals surface area contributed by atoms with Crippen LogP contribution in [-0.4, -0.2) is 35.5 Å². The molecule has 0 saturated carbocycles. The first kappa shape index (κ1) is 19.8. The maximum atomic E-state index is 13.2. The zero-order valence-electron chi connectivity index (χ0n) is 16.9. The molecule has 2 nitrogen and oxygen atoms in total. The second-order valence-electron chi connectivity index (χ2n) is 8.00. The van der Waals surface area contributed by atoms with Gasteiger partial charge < -0.3 is 0 Å². The lowest BCUT2D eigenvalue weighted by Crippen LogP contribution is -2.52. The van der Waals surface area contributed by atoms with Gasteiger partial charge in [0.15, 0.2) is 0 Å². The highest BCUT2D eigenvalue weighted by atomic mass is 19.1. The standard InChI is InChI=1S/C26H29FN2/c27-25-14-11-22(12-15-25)13-16-26-21-28(19-23-7-3-1-4-8-23)17-18-29(26)20-24-9-5-2-6-10-24/h1-12,14-15,26H,13,16-21H2/t26-/m0/s1. The van der Waals surface area contributed by atoms with Crippen molar-refractivity contribution in [1.82, 2.24) is 9.80 Å². The largest absolute Gasteiger partial charge is 0.296 e. The molecule has 0 aromatic heterocycles. The molecule has 1 atom stereocenters. The quantitative estimate of drug-likeness (QED) is 0.553. The van der Waals surface area contributed by atoms with E-state index in [0.29, 0.717) is 6.04 Å². The minimum absolute atomic E-state index is 0.161. The van der Waals surface area contributed by atoms with Crippen molar-refractivity contribution in [2.75, 3.05) is 19.6 Å². The fourth-order valence-electron chi connectivity index (χ4n) is 4.23. The summed E-state index contributed by atoms with van der Waals surface area (Å²) in [6.45, 7) is 5.24. The monoisotopic (exact) mass is 388 g/mol. The number of hydrogen-bond acceptors (Lipinski definition) is 2. The molecule has 0 unspecified atom stereocenters. The van der Waals surface area contributed by atoms with Gasteiger partial charge in [-0.25, -0.2) is 4.39 Å². The third-order valence-corrected chi connectivity index (χ3v) is 5.85. The zero-order chi connectivity index (χ0) is 19.9. The number of nitrogens with zero attached hydrogens (tertiary/aromatic N) is 2. The van der Waals surface area contributed by atoms with Gasteiger partial charge in [0.25, 0.3) is 0 Å². The van der Waals surface area contributed by atoms with E-state index in [1.807, 2.05) is 12.1 Å². The van der Waals surface area contributed by atoms with Gasteiger partial charge in [0.2, 0.25) is 0 Å². The average molecular weight is 389 g/mol. The number of aryl methyl sites for hydroxylation is 1. The van der Waals surface area contributed by atoms with Crippen molar-refractivity contribution in [2.45, 2.75) is 32.0 Å². The van der Waals surface area contributed by atoms with Gasteiger partial charge in [-0.1, -0.05) is 72.8 Å². The Kier molecular flexibility index (Phi) is 6.71. The zero-order valence-corrected chi connectivity index (χ0v) is 16.9. The van der Waals surface area contributed by atoms with Gasteiger partial charge >= 0.3 is 0 Å². The van der Waals surface area contributed by atoms with E-state index >= 15 is 0 Å². The summed E-state index contributed by atoms with van der Waals surface area (Å²) in [6.07, 6.45) is 2.07. The molecule has 1 saturated heterocycles. The molecule has 0 amide bonds. The van der Waals surface area contributed by atoms with Crippen LogP contribution in [0.3, 0.4) is 0 Å². The molecule has 3 aromatic rings. The second kappa shape index (κ2) is 9.82. The Morgan fingerprint density at radius 3 is 1.97 bits per heavy atom. The predicted octanol–water partition coefficient (Wildman–Crippen LogP) is 5.14. The molecule has 1 aliphatic heterocycles. The maximum Gasteiger partial charge on any atom is 0.123 e. The van der Waals surface area contributed by atoms with Crippen molar-refractivity contribution in [1.29, 1.82) is 0 Å². The lowest BCUT2D eigenvalue weighted by atomic mass is 10.0. The third kappa shape index (κ3) is 5.75. The van der Waals surface area contributed by atoms with Crippen molar-refractivity contribution >= 4 is 0 Å². The number of piperazine rings is 1. The summed E-state index contributed by atoms with van der Waals surface area (Å²) in [4.78, 5) is 5.20. The number of halogens is 1. The maximum absolute atomic E-state index is 13.2. The molecule has 0 aliphatic carbocycles. The Morgan fingerprint density at radius 2 is 1.31 bits per heavy atom. The van der Waals surface area contributed by atoms with Crippen LogP contribution in [0.25, 0.3) is 0 Å². The van der Waals surface area contributed by atoms with Gasteiger partial charge in [0.1, 0.15) is 5.82 Å². The Morgan fingerprint density at radius 1 is 0.690 bits per heavy atom. The average Bonchev–Trinajstić information content (AvgIpc) is 2.76. The van der Waals surface area contributed by atoms with Crippen LogP contribution >= 0.6 is 0 Å². The van der Waals surface area contributed by atoms with Gasteiger partial charge in [0.05, 0.1) is 0 Å². The molecular formula is C26H29FN2. The van der Waals surface area contributed by atoms with Crippen molar-refractivity contribution in [3.63, 3.8) is 0 Å². The first-order valence-electron chi connectivity index (χ1n) is 10.5. The van der Waals surface area contributed by atoms with Crippen molar-refractivity contribution in [2.24, 2.45) is 0 Å². The lowest BCUT2D eigenvalue weighted by Gasteiger charge is -2.42. The Balaban J connectivity index is 1.43. The summed E-state index contributed by atoms with van der Waals surface area (Å²) in [5.74, 6) is -0.161. The first-order chi connectivity index (χ1) is 14.3. The summed E-state index contributed by atoms with van der Waals surface area (Å²) in [5, 5.41) is 0. The number of benzene rings is 3. The highest BCUT2D eigenvalue weighted by Crippen LogP contribution is 2.20. The Labute approximate surface area is 173 Å². The fourth-order valence-corrected chi connectivity index (χ4v) is 4.23. The molecule has 1 heterocycles. The van der Waals surface area contributed by atoms with Crippen LogP contribution in [0, 0.1) is 5.82 Å². The smallest absolute Gasteiger partial charge is 0.123 e. The molecule has 1 fully saturated rings. The van der Waals surface area contributed by atoms with Gasteiger partial charge in [0, 0.05) is 38.8 Å². The first-order valence-corrected chi connectivity index (χ1v) is 10.5. The van der Waals surface area contributed by atoms with Crippen molar-refractivity contribution in [3.8, 4) is 0 Å². The summed E-state index contributed by atoms with van der Waals surface area (Å²) >= 11 is 0. The number of rotatable bonds is 7. The molecule has 0 N–H and O–H groups in total. The van der Waals surface area contributed by atoms with Crippen LogP contribution < -0.4 is 0 Å². The van der Waals surface area contributed by atoms with Gasteiger partial charge in [-0.3, -0.25) is 9.80 Å². The van der Waals surface area contributed by atoms with E-state index in [4.69, 9.17) is 0 Å². The topological polar surface area (TPSA) is 6.48 Å². The van der Waals surface area contributed by atoms with Gasteiger partial charge in [-0.15, -0.1) is 0 Å². The van der Waals surface area contributed by atoms with Gasteiger partial charge in [-0.2, -0.15) is 0 Å². The molecule has 29 heavy (non-hydrogen) atoms. The third-order valence-electron chi connectivity index (χ3n) is 5.85. The summed E-state index contributed by atoms with van der Waals surface area (Å²) in [6, 6.07) is 29.0. The highest BCUT2D eigenvalue weighted by Gasteiger charge is 2.26. The molecule has 150 valence electrons. The molecule has 3 heteroatoms. The van der Waals surface area contributed by atoms with E-state index in [1.165, 1.54) is 16.7 Å². The van der Waals surface area contributed by atoms with Crippen LogP contribution in [-0.2, 0) is 19.5 Å². The summed E-state index contributed by atoms with van der Waals surface area (Å²) in [5.41, 5.74) is 3.96. The van der Waals surface area contributed by atoms with Crippen LogP contribution in [0.5, 0.6) is 0 Å². The van der Waals surface area contributed by atoms with Crippen molar-refractivity contribution in [3.05, 3.63) is 107 Å². The van der Waals surface area contributed by atoms with Crippen LogP contribution in [0.4, 0.5) is 4.39 Å². The molecular weight excluding hydrogens is 359 g/mol. The highest BCUT2D eigenvalue weighted by molar-refractivity contribution is 5.18. The van der Waals surface area contributed by atoms with E-state index in [-0.39, 0.29) is 5.82 Å². The van der Waals surface area contributed by atoms with E-state index in [0.717, 1.165) is 45.6 Å². The SMILES string of the molecule is Fc1ccc(CC[C@H]2CN(Cc3ccccc3)CCN2Cc2ccccc2)cc1. The molecule has 0 spiro atoms. The van der Waals surface area contributed by atoms with E-state index in [9.17, 15) is 4.39 Å². The Bertz CT molecular complexity index is 864. The van der Waals surface area contributed by atoms with E-state index in [1.54, 1.807) is 12.1 Å². The fraction of sp³-hybridized carbons (Fsp3) is 0.308. The van der Waals surface area contributed by atoms with Crippen LogP contribution in [0.2, 0.25) is 0 Å². The van der Waals surface area contributed by atoms with Crippen LogP contribution in [0.15, 0.2) is 84.9 Å². The molecule has 0 bridgehead atoms. The minimum atomic E-state index is -0.161. The summed E-state index contributed by atoms with van der Waals surface area (Å²) < 4.78 is 13.2. The minimum Gasteiger partial charge on any atom is -0.296 e. The molecule has 0 radical (unpaired) electrons. The van der Waals surface area contributed by atoms with E-state index in [2.05, 4.69) is 70.5 Å². The summed E-state index contributed by atoms with van der Waals surface area (Å²) in [7, 11) is 0. The second-order valence-corrected chi connectivity index (χ2v) is 8.00. The van der Waals surface area contributed by atoms with Crippen LogP contribution in [0.1, 0.15) is 23.1 Å². The lowest BCUT2D eigenvalue weighted by molar-refractivity contribution is 0.0597. The van der Waals surface area contributed by atoms with Crippen molar-refractivity contribution < 1.29 is 4.39 Å². The van der Waals surface area contributed by atoms with E-state index < -0.39 is 0 Å². The Hall–Kier alpha value is -2.49. The van der Waals surface area contributed by atoms with Gasteiger partial charge in [-0.05, 0) is 41.7 Å². The molecule has 1 aliphatic rings.